The Balaban J connectivity index is 2.11. The van der Waals surface area contributed by atoms with Gasteiger partial charge < -0.3 is 10.4 Å². The molecular weight excluding hydrogens is 198 g/mol. The van der Waals surface area contributed by atoms with E-state index in [-0.39, 0.29) is 11.5 Å². The van der Waals surface area contributed by atoms with E-state index >= 15 is 0 Å². The number of hydrogen-bond donors (Lipinski definition) is 2. The third kappa shape index (κ3) is 1.82. The Morgan fingerprint density at radius 1 is 1.31 bits per heavy atom. The topological polar surface area (TPSA) is 32.3 Å². The van der Waals surface area contributed by atoms with Crippen molar-refractivity contribution in [2.24, 2.45) is 5.41 Å². The van der Waals surface area contributed by atoms with E-state index in [1.165, 1.54) is 16.8 Å². The van der Waals surface area contributed by atoms with E-state index in [1.807, 2.05) is 0 Å². The smallest absolute Gasteiger partial charge is 0.0630 e. The molecule has 0 saturated heterocycles. The zero-order valence-corrected chi connectivity index (χ0v) is 10.5. The summed E-state index contributed by atoms with van der Waals surface area (Å²) in [6.45, 7) is 8.45. The van der Waals surface area contributed by atoms with Gasteiger partial charge in [-0.15, -0.1) is 0 Å². The van der Waals surface area contributed by atoms with Crippen LogP contribution in [0.15, 0.2) is 18.2 Å². The largest absolute Gasteiger partial charge is 0.392 e. The predicted octanol–water partition coefficient (Wildman–Crippen LogP) is 2.87. The molecule has 2 rings (SSSR count). The Labute approximate surface area is 97.7 Å². The molecule has 0 amide bonds. The molecule has 1 fully saturated rings. The molecule has 0 aromatic heterocycles. The predicted molar refractivity (Wildman–Crippen MR) is 67.7 cm³/mol. The van der Waals surface area contributed by atoms with Crippen LogP contribution in [0, 0.1) is 19.3 Å². The molecule has 16 heavy (non-hydrogen) atoms. The second kappa shape index (κ2) is 3.77. The number of aliphatic hydroxyl groups is 1. The van der Waals surface area contributed by atoms with Crippen molar-refractivity contribution in [3.63, 3.8) is 0 Å². The minimum absolute atomic E-state index is 0.0165. The lowest BCUT2D eigenvalue weighted by Gasteiger charge is -2.50. The van der Waals surface area contributed by atoms with Gasteiger partial charge in [0, 0.05) is 17.1 Å². The fourth-order valence-electron chi connectivity index (χ4n) is 2.31. The van der Waals surface area contributed by atoms with Gasteiger partial charge in [-0.05, 0) is 31.9 Å². The van der Waals surface area contributed by atoms with Crippen LogP contribution >= 0.6 is 0 Å². The molecule has 1 aliphatic rings. The molecule has 2 heteroatoms. The van der Waals surface area contributed by atoms with Crippen molar-refractivity contribution in [2.45, 2.75) is 46.3 Å². The summed E-state index contributed by atoms with van der Waals surface area (Å²) in [6, 6.07) is 6.82. The molecule has 0 aliphatic heterocycles. The zero-order valence-electron chi connectivity index (χ0n) is 10.5. The van der Waals surface area contributed by atoms with Crippen molar-refractivity contribution in [1.82, 2.24) is 0 Å². The van der Waals surface area contributed by atoms with Gasteiger partial charge in [0.05, 0.1) is 6.10 Å². The quantitative estimate of drug-likeness (QED) is 0.801. The van der Waals surface area contributed by atoms with E-state index in [0.29, 0.717) is 6.04 Å². The molecule has 1 aromatic rings. The SMILES string of the molecule is Cc1ccc(NC2CC(O)C2(C)C)c(C)c1. The normalized spacial score (nSPS) is 27.3. The minimum atomic E-state index is -0.171. The number of aliphatic hydroxyl groups excluding tert-OH is 1. The van der Waals surface area contributed by atoms with Crippen molar-refractivity contribution in [3.8, 4) is 0 Å². The van der Waals surface area contributed by atoms with Crippen molar-refractivity contribution < 1.29 is 5.11 Å². The van der Waals surface area contributed by atoms with Gasteiger partial charge in [-0.2, -0.15) is 0 Å². The van der Waals surface area contributed by atoms with Gasteiger partial charge in [-0.1, -0.05) is 31.5 Å². The summed E-state index contributed by atoms with van der Waals surface area (Å²) in [4.78, 5) is 0. The molecule has 88 valence electrons. The number of hydrogen-bond acceptors (Lipinski definition) is 2. The third-order valence-corrected chi connectivity index (χ3v) is 3.93. The van der Waals surface area contributed by atoms with Crippen LogP contribution in [0.5, 0.6) is 0 Å². The van der Waals surface area contributed by atoms with E-state index in [9.17, 15) is 5.11 Å². The number of aryl methyl sites for hydroxylation is 2. The zero-order chi connectivity index (χ0) is 11.9. The first-order valence-electron chi connectivity index (χ1n) is 5.93. The van der Waals surface area contributed by atoms with Gasteiger partial charge >= 0.3 is 0 Å². The van der Waals surface area contributed by atoms with Gasteiger partial charge in [-0.3, -0.25) is 0 Å². The molecule has 0 radical (unpaired) electrons. The monoisotopic (exact) mass is 219 g/mol. The van der Waals surface area contributed by atoms with Crippen LogP contribution in [-0.4, -0.2) is 17.3 Å². The number of anilines is 1. The Kier molecular flexibility index (Phi) is 2.70. The molecule has 2 atom stereocenters. The lowest BCUT2D eigenvalue weighted by atomic mass is 9.64. The molecule has 2 unspecified atom stereocenters. The fraction of sp³-hybridized carbons (Fsp3) is 0.571. The van der Waals surface area contributed by atoms with E-state index in [2.05, 4.69) is 51.2 Å². The van der Waals surface area contributed by atoms with Crippen LogP contribution in [0.3, 0.4) is 0 Å². The summed E-state index contributed by atoms with van der Waals surface area (Å²) < 4.78 is 0. The molecule has 0 heterocycles. The van der Waals surface area contributed by atoms with E-state index < -0.39 is 0 Å². The molecule has 1 aliphatic carbocycles. The first-order chi connectivity index (χ1) is 7.41. The Hall–Kier alpha value is -1.02. The number of benzene rings is 1. The highest BCUT2D eigenvalue weighted by Crippen LogP contribution is 2.42. The third-order valence-electron chi connectivity index (χ3n) is 3.93. The lowest BCUT2D eigenvalue weighted by molar-refractivity contribution is -0.0510. The summed E-state index contributed by atoms with van der Waals surface area (Å²) in [6.07, 6.45) is 0.677. The number of nitrogens with one attached hydrogen (secondary N) is 1. The van der Waals surface area contributed by atoms with Crippen molar-refractivity contribution in [1.29, 1.82) is 0 Å². The summed E-state index contributed by atoms with van der Waals surface area (Å²) in [5.41, 5.74) is 3.74. The second-order valence-corrected chi connectivity index (χ2v) is 5.59. The summed E-state index contributed by atoms with van der Waals surface area (Å²) >= 11 is 0. The van der Waals surface area contributed by atoms with Gasteiger partial charge in [0.15, 0.2) is 0 Å². The highest BCUT2D eigenvalue weighted by molar-refractivity contribution is 5.53. The van der Waals surface area contributed by atoms with E-state index in [1.54, 1.807) is 0 Å². The summed E-state index contributed by atoms with van der Waals surface area (Å²) in [7, 11) is 0. The molecule has 0 spiro atoms. The van der Waals surface area contributed by atoms with Gasteiger partial charge in [0.25, 0.3) is 0 Å². The van der Waals surface area contributed by atoms with Crippen molar-refractivity contribution >= 4 is 5.69 Å². The first-order valence-corrected chi connectivity index (χ1v) is 5.93. The van der Waals surface area contributed by atoms with Crippen LogP contribution < -0.4 is 5.32 Å². The maximum Gasteiger partial charge on any atom is 0.0630 e. The van der Waals surface area contributed by atoms with Crippen LogP contribution in [0.2, 0.25) is 0 Å². The van der Waals surface area contributed by atoms with E-state index in [0.717, 1.165) is 6.42 Å². The molecule has 2 nitrogen and oxygen atoms in total. The highest BCUT2D eigenvalue weighted by Gasteiger charge is 2.47. The Bertz CT molecular complexity index is 398. The van der Waals surface area contributed by atoms with Crippen LogP contribution in [0.1, 0.15) is 31.4 Å². The molecule has 2 N–H and O–H groups in total. The Morgan fingerprint density at radius 3 is 2.50 bits per heavy atom. The van der Waals surface area contributed by atoms with Crippen LogP contribution in [0.25, 0.3) is 0 Å². The van der Waals surface area contributed by atoms with Crippen LogP contribution in [0.4, 0.5) is 5.69 Å². The second-order valence-electron chi connectivity index (χ2n) is 5.59. The highest BCUT2D eigenvalue weighted by atomic mass is 16.3. The fourth-order valence-corrected chi connectivity index (χ4v) is 2.31. The van der Waals surface area contributed by atoms with Crippen LogP contribution in [-0.2, 0) is 0 Å². The molecule has 1 aromatic carbocycles. The van der Waals surface area contributed by atoms with E-state index in [4.69, 9.17) is 0 Å². The first kappa shape index (κ1) is 11.5. The standard InChI is InChI=1S/C14H21NO/c1-9-5-6-11(10(2)7-9)15-12-8-13(16)14(12,3)4/h5-7,12-13,15-16H,8H2,1-4H3. The van der Waals surface area contributed by atoms with Crippen molar-refractivity contribution in [3.05, 3.63) is 29.3 Å². The molecule has 1 saturated carbocycles. The minimum Gasteiger partial charge on any atom is -0.392 e. The Morgan fingerprint density at radius 2 is 2.00 bits per heavy atom. The maximum absolute atomic E-state index is 9.70. The molecular formula is C14H21NO. The average molecular weight is 219 g/mol. The summed E-state index contributed by atoms with van der Waals surface area (Å²) in [5, 5.41) is 13.2. The average Bonchev–Trinajstić information content (AvgIpc) is 2.21. The van der Waals surface area contributed by atoms with Gasteiger partial charge in [-0.25, -0.2) is 0 Å². The van der Waals surface area contributed by atoms with Gasteiger partial charge in [0.2, 0.25) is 0 Å². The van der Waals surface area contributed by atoms with Gasteiger partial charge in [0.1, 0.15) is 0 Å². The lowest BCUT2D eigenvalue weighted by Crippen LogP contribution is -2.56. The van der Waals surface area contributed by atoms with Crippen molar-refractivity contribution in [2.75, 3.05) is 5.32 Å². The number of rotatable bonds is 2. The molecule has 0 bridgehead atoms. The maximum atomic E-state index is 9.70. The summed E-state index contributed by atoms with van der Waals surface area (Å²) in [5.74, 6) is 0.